The molecule has 0 aliphatic carbocycles. The topological polar surface area (TPSA) is 59.1 Å². The van der Waals surface area contributed by atoms with Crippen LogP contribution in [0, 0.1) is 0 Å². The van der Waals surface area contributed by atoms with Crippen molar-refractivity contribution in [3.8, 4) is 11.1 Å². The van der Waals surface area contributed by atoms with E-state index in [0.29, 0.717) is 24.3 Å². The van der Waals surface area contributed by atoms with Crippen molar-refractivity contribution >= 4 is 46.1 Å². The van der Waals surface area contributed by atoms with E-state index in [1.807, 2.05) is 60.7 Å². The molecule has 48 heavy (non-hydrogen) atoms. The number of rotatable bonds is 11. The molecule has 0 spiro atoms. The van der Waals surface area contributed by atoms with E-state index < -0.39 is 0 Å². The summed E-state index contributed by atoms with van der Waals surface area (Å²) in [5.74, 6) is -0.658. The number of para-hydroxylation sites is 2. The van der Waals surface area contributed by atoms with Gasteiger partial charge in [-0.2, -0.15) is 0 Å². The fourth-order valence-electron chi connectivity index (χ4n) is 5.58. The zero-order chi connectivity index (χ0) is 33.3. The molecule has 0 aromatic heterocycles. The smallest absolute Gasteiger partial charge is 0.338 e. The minimum Gasteiger partial charge on any atom is -0.462 e. The van der Waals surface area contributed by atoms with E-state index in [4.69, 9.17) is 9.47 Å². The molecule has 0 heterocycles. The lowest BCUT2D eigenvalue weighted by atomic mass is 10.0. The van der Waals surface area contributed by atoms with E-state index in [0.717, 1.165) is 45.3 Å². The van der Waals surface area contributed by atoms with Gasteiger partial charge in [0.25, 0.3) is 0 Å². The second kappa shape index (κ2) is 15.0. The number of hydrogen-bond donors (Lipinski definition) is 0. The van der Waals surface area contributed by atoms with Gasteiger partial charge >= 0.3 is 11.9 Å². The lowest BCUT2D eigenvalue weighted by Gasteiger charge is -2.26. The highest BCUT2D eigenvalue weighted by Crippen LogP contribution is 2.38. The first-order chi connectivity index (χ1) is 23.6. The molecule has 6 nitrogen and oxygen atoms in total. The summed E-state index contributed by atoms with van der Waals surface area (Å²) in [6.07, 6.45) is 0. The summed E-state index contributed by atoms with van der Waals surface area (Å²) in [6, 6.07) is 52.2. The zero-order valence-corrected chi connectivity index (χ0v) is 27.0. The highest BCUT2D eigenvalue weighted by molar-refractivity contribution is 5.91. The van der Waals surface area contributed by atoms with Gasteiger partial charge in [-0.1, -0.05) is 60.7 Å². The first kappa shape index (κ1) is 31.8. The molecule has 6 heteroatoms. The molecular formula is C42H36N2O4. The lowest BCUT2D eigenvalue weighted by Crippen LogP contribution is -2.11. The average Bonchev–Trinajstić information content (AvgIpc) is 3.14. The number of benzene rings is 6. The summed E-state index contributed by atoms with van der Waals surface area (Å²) < 4.78 is 10.3. The van der Waals surface area contributed by atoms with Crippen LogP contribution in [0.25, 0.3) is 11.1 Å². The molecule has 238 valence electrons. The first-order valence-corrected chi connectivity index (χ1v) is 16.0. The van der Waals surface area contributed by atoms with E-state index in [1.165, 1.54) is 0 Å². The van der Waals surface area contributed by atoms with Crippen LogP contribution in [0.3, 0.4) is 0 Å². The van der Waals surface area contributed by atoms with E-state index in [1.54, 1.807) is 38.1 Å². The SMILES string of the molecule is CCOC(=O)c1ccc(N(c2ccccc2)c2ccc(-c3ccc(N(c4ccccc4)c4ccc(C(=O)OCC)cc4)cc3)cc2)cc1. The number of carbonyl (C=O) groups is 2. The van der Waals surface area contributed by atoms with E-state index in [2.05, 4.69) is 82.6 Å². The van der Waals surface area contributed by atoms with Gasteiger partial charge < -0.3 is 19.3 Å². The summed E-state index contributed by atoms with van der Waals surface area (Å²) in [7, 11) is 0. The fourth-order valence-corrected chi connectivity index (χ4v) is 5.58. The molecule has 0 amide bonds. The maximum atomic E-state index is 12.2. The molecule has 0 aliphatic heterocycles. The second-order valence-corrected chi connectivity index (χ2v) is 11.0. The van der Waals surface area contributed by atoms with Crippen LogP contribution in [-0.4, -0.2) is 25.2 Å². The Labute approximate surface area is 281 Å². The molecule has 6 aromatic rings. The van der Waals surface area contributed by atoms with Gasteiger partial charge in [0.2, 0.25) is 0 Å². The minimum absolute atomic E-state index is 0.329. The molecule has 0 fully saturated rings. The normalized spacial score (nSPS) is 10.6. The van der Waals surface area contributed by atoms with Gasteiger partial charge in [0.1, 0.15) is 0 Å². The van der Waals surface area contributed by atoms with Crippen LogP contribution in [0.4, 0.5) is 34.1 Å². The molecule has 0 bridgehead atoms. The van der Waals surface area contributed by atoms with Crippen LogP contribution in [-0.2, 0) is 9.47 Å². The van der Waals surface area contributed by atoms with Crippen molar-refractivity contribution in [2.45, 2.75) is 13.8 Å². The van der Waals surface area contributed by atoms with Crippen molar-refractivity contribution in [3.05, 3.63) is 169 Å². The quantitative estimate of drug-likeness (QED) is 0.133. The number of anilines is 6. The van der Waals surface area contributed by atoms with Gasteiger partial charge in [0.05, 0.1) is 24.3 Å². The summed E-state index contributed by atoms with van der Waals surface area (Å²) in [5.41, 5.74) is 9.08. The summed E-state index contributed by atoms with van der Waals surface area (Å²) in [6.45, 7) is 4.28. The van der Waals surface area contributed by atoms with Gasteiger partial charge in [-0.3, -0.25) is 0 Å². The third kappa shape index (κ3) is 7.13. The van der Waals surface area contributed by atoms with Crippen LogP contribution >= 0.6 is 0 Å². The van der Waals surface area contributed by atoms with Gasteiger partial charge in [-0.25, -0.2) is 9.59 Å². The number of carbonyl (C=O) groups excluding carboxylic acids is 2. The van der Waals surface area contributed by atoms with E-state index in [-0.39, 0.29) is 11.9 Å². The molecule has 6 aromatic carbocycles. The standard InChI is InChI=1S/C42H36N2O4/c1-3-47-41(45)33-19-27-39(28-20-33)43(35-11-7-5-8-12-35)37-23-15-31(16-24-37)32-17-25-38(26-18-32)44(36-13-9-6-10-14-36)40-29-21-34(22-30-40)42(46)48-4-2/h5-30H,3-4H2,1-2H3. The third-order valence-electron chi connectivity index (χ3n) is 7.89. The molecule has 0 atom stereocenters. The molecule has 0 N–H and O–H groups in total. The maximum Gasteiger partial charge on any atom is 0.338 e. The van der Waals surface area contributed by atoms with E-state index >= 15 is 0 Å². The number of hydrogen-bond acceptors (Lipinski definition) is 6. The minimum atomic E-state index is -0.329. The van der Waals surface area contributed by atoms with Gasteiger partial charge in [-0.05, 0) is 122 Å². The lowest BCUT2D eigenvalue weighted by molar-refractivity contribution is 0.0517. The highest BCUT2D eigenvalue weighted by atomic mass is 16.5. The Morgan fingerprint density at radius 3 is 0.958 bits per heavy atom. The van der Waals surface area contributed by atoms with Crippen molar-refractivity contribution in [3.63, 3.8) is 0 Å². The highest BCUT2D eigenvalue weighted by Gasteiger charge is 2.16. The van der Waals surface area contributed by atoms with Crippen LogP contribution in [0.2, 0.25) is 0 Å². The van der Waals surface area contributed by atoms with Crippen molar-refractivity contribution in [2.75, 3.05) is 23.0 Å². The molecular weight excluding hydrogens is 596 g/mol. The molecule has 0 unspecified atom stereocenters. The average molecular weight is 633 g/mol. The van der Waals surface area contributed by atoms with Crippen LogP contribution in [0.1, 0.15) is 34.6 Å². The Balaban J connectivity index is 1.28. The maximum absolute atomic E-state index is 12.2. The molecule has 0 saturated carbocycles. The Bertz CT molecular complexity index is 1790. The third-order valence-corrected chi connectivity index (χ3v) is 7.89. The second-order valence-electron chi connectivity index (χ2n) is 11.0. The van der Waals surface area contributed by atoms with Crippen molar-refractivity contribution in [2.24, 2.45) is 0 Å². The monoisotopic (exact) mass is 632 g/mol. The van der Waals surface area contributed by atoms with Gasteiger partial charge in [-0.15, -0.1) is 0 Å². The predicted molar refractivity (Wildman–Crippen MR) is 193 cm³/mol. The Kier molecular flexibility index (Phi) is 9.92. The number of esters is 2. The summed E-state index contributed by atoms with van der Waals surface area (Å²) in [5, 5.41) is 0. The largest absolute Gasteiger partial charge is 0.462 e. The molecule has 6 rings (SSSR count). The Morgan fingerprint density at radius 2 is 0.667 bits per heavy atom. The summed E-state index contributed by atoms with van der Waals surface area (Å²) >= 11 is 0. The molecule has 0 saturated heterocycles. The zero-order valence-electron chi connectivity index (χ0n) is 27.0. The molecule has 0 aliphatic rings. The predicted octanol–water partition coefficient (Wildman–Crippen LogP) is 10.6. The summed E-state index contributed by atoms with van der Waals surface area (Å²) in [4.78, 5) is 28.8. The van der Waals surface area contributed by atoms with Crippen molar-refractivity contribution in [1.29, 1.82) is 0 Å². The van der Waals surface area contributed by atoms with E-state index in [9.17, 15) is 9.59 Å². The van der Waals surface area contributed by atoms with Crippen LogP contribution in [0.15, 0.2) is 158 Å². The van der Waals surface area contributed by atoms with Gasteiger partial charge in [0.15, 0.2) is 0 Å². The first-order valence-electron chi connectivity index (χ1n) is 16.0. The van der Waals surface area contributed by atoms with Crippen molar-refractivity contribution in [1.82, 2.24) is 0 Å². The van der Waals surface area contributed by atoms with Gasteiger partial charge in [0, 0.05) is 34.1 Å². The van der Waals surface area contributed by atoms with Crippen LogP contribution < -0.4 is 9.80 Å². The molecule has 0 radical (unpaired) electrons. The fraction of sp³-hybridized carbons (Fsp3) is 0.0952. The number of nitrogens with zero attached hydrogens (tertiary/aromatic N) is 2. The van der Waals surface area contributed by atoms with Crippen molar-refractivity contribution < 1.29 is 19.1 Å². The Hall–Kier alpha value is -6.14. The Morgan fingerprint density at radius 1 is 0.396 bits per heavy atom. The van der Waals surface area contributed by atoms with Crippen LogP contribution in [0.5, 0.6) is 0 Å². The number of ether oxygens (including phenoxy) is 2.